The van der Waals surface area contributed by atoms with Gasteiger partial charge in [0.25, 0.3) is 0 Å². The highest BCUT2D eigenvalue weighted by Gasteiger charge is 2.12. The fraction of sp³-hybridized carbons (Fsp3) is 0.923. The second-order valence-corrected chi connectivity index (χ2v) is 5.74. The molecule has 2 N–H and O–H groups in total. The highest BCUT2D eigenvalue weighted by Crippen LogP contribution is 2.05. The van der Waals surface area contributed by atoms with Crippen LogP contribution in [-0.2, 0) is 4.74 Å². The van der Waals surface area contributed by atoms with Crippen LogP contribution >= 0.6 is 12.2 Å². The maximum atomic E-state index is 5.30. The van der Waals surface area contributed by atoms with Crippen molar-refractivity contribution in [2.75, 3.05) is 40.9 Å². The molecule has 0 aliphatic heterocycles. The zero-order chi connectivity index (χ0) is 14.0. The topological polar surface area (TPSA) is 36.5 Å². The van der Waals surface area contributed by atoms with Crippen LogP contribution in [0.25, 0.3) is 0 Å². The van der Waals surface area contributed by atoms with E-state index in [2.05, 4.69) is 43.5 Å². The molecule has 0 aromatic rings. The molecule has 0 heterocycles. The van der Waals surface area contributed by atoms with Crippen molar-refractivity contribution in [3.8, 4) is 0 Å². The molecule has 1 unspecified atom stereocenters. The van der Waals surface area contributed by atoms with E-state index in [4.69, 9.17) is 17.0 Å². The van der Waals surface area contributed by atoms with Gasteiger partial charge in [-0.15, -0.1) is 0 Å². The van der Waals surface area contributed by atoms with Gasteiger partial charge < -0.3 is 20.3 Å². The second kappa shape index (κ2) is 10.5. The third-order valence-electron chi connectivity index (χ3n) is 2.49. The number of likely N-dealkylation sites (N-methyl/N-ethyl adjacent to an activating group) is 1. The average Bonchev–Trinajstić information content (AvgIpc) is 2.22. The highest BCUT2D eigenvalue weighted by molar-refractivity contribution is 7.80. The normalized spacial score (nSPS) is 12.8. The predicted molar refractivity (Wildman–Crippen MR) is 82.0 cm³/mol. The van der Waals surface area contributed by atoms with E-state index in [0.717, 1.165) is 37.7 Å². The highest BCUT2D eigenvalue weighted by atomic mass is 32.1. The Kier molecular flexibility index (Phi) is 10.3. The number of nitrogens with zero attached hydrogens (tertiary/aromatic N) is 1. The molecule has 0 saturated heterocycles. The lowest BCUT2D eigenvalue weighted by molar-refractivity contribution is 0.195. The van der Waals surface area contributed by atoms with E-state index < -0.39 is 0 Å². The summed E-state index contributed by atoms with van der Waals surface area (Å²) in [5.41, 5.74) is 0. The quantitative estimate of drug-likeness (QED) is 0.492. The number of ether oxygens (including phenoxy) is 1. The molecule has 0 aromatic heterocycles. The molecular weight excluding hydrogens is 246 g/mol. The first-order valence-electron chi connectivity index (χ1n) is 6.63. The summed E-state index contributed by atoms with van der Waals surface area (Å²) >= 11 is 5.30. The first-order chi connectivity index (χ1) is 8.45. The van der Waals surface area contributed by atoms with Crippen LogP contribution in [-0.4, -0.2) is 57.0 Å². The van der Waals surface area contributed by atoms with Gasteiger partial charge in [0.2, 0.25) is 0 Å². The van der Waals surface area contributed by atoms with Gasteiger partial charge in [-0.25, -0.2) is 0 Å². The van der Waals surface area contributed by atoms with Crippen LogP contribution in [0.5, 0.6) is 0 Å². The largest absolute Gasteiger partial charge is 0.385 e. The molecule has 0 spiro atoms. The number of nitrogens with one attached hydrogen (secondary N) is 2. The van der Waals surface area contributed by atoms with Crippen LogP contribution in [0, 0.1) is 5.92 Å². The Morgan fingerprint density at radius 1 is 1.33 bits per heavy atom. The van der Waals surface area contributed by atoms with Gasteiger partial charge in [0, 0.05) is 32.8 Å². The maximum absolute atomic E-state index is 5.30. The standard InChI is InChI=1S/C13H29N3OS/c1-11(2)9-12(10-16(3)4)15-13(18)14-7-6-8-17-5/h11-12H,6-10H2,1-5H3,(H2,14,15,18). The number of hydrogen-bond acceptors (Lipinski definition) is 3. The van der Waals surface area contributed by atoms with E-state index in [-0.39, 0.29) is 0 Å². The number of thiocarbonyl (C=S) groups is 1. The summed E-state index contributed by atoms with van der Waals surface area (Å²) in [5, 5.41) is 7.36. The van der Waals surface area contributed by atoms with Gasteiger partial charge in [-0.05, 0) is 45.1 Å². The molecule has 1 atom stereocenters. The molecule has 0 amide bonds. The summed E-state index contributed by atoms with van der Waals surface area (Å²) in [6, 6.07) is 0.405. The van der Waals surface area contributed by atoms with Gasteiger partial charge in [0.05, 0.1) is 0 Å². The number of rotatable bonds is 9. The van der Waals surface area contributed by atoms with Crippen LogP contribution in [0.15, 0.2) is 0 Å². The third-order valence-corrected chi connectivity index (χ3v) is 2.75. The zero-order valence-corrected chi connectivity index (χ0v) is 13.3. The molecule has 0 fully saturated rings. The molecule has 5 heteroatoms. The molecule has 18 heavy (non-hydrogen) atoms. The lowest BCUT2D eigenvalue weighted by Gasteiger charge is -2.25. The van der Waals surface area contributed by atoms with Gasteiger partial charge >= 0.3 is 0 Å². The zero-order valence-electron chi connectivity index (χ0n) is 12.5. The van der Waals surface area contributed by atoms with E-state index in [1.165, 1.54) is 0 Å². The first kappa shape index (κ1) is 17.6. The molecule has 0 aromatic carbocycles. The van der Waals surface area contributed by atoms with Crippen LogP contribution in [0.2, 0.25) is 0 Å². The molecule has 0 rings (SSSR count). The van der Waals surface area contributed by atoms with Crippen molar-refractivity contribution in [1.82, 2.24) is 15.5 Å². The lowest BCUT2D eigenvalue weighted by Crippen LogP contribution is -2.47. The van der Waals surface area contributed by atoms with E-state index in [9.17, 15) is 0 Å². The Bertz CT molecular complexity index is 212. The van der Waals surface area contributed by atoms with Crippen molar-refractivity contribution < 1.29 is 4.74 Å². The lowest BCUT2D eigenvalue weighted by atomic mass is 10.0. The molecular formula is C13H29N3OS. The van der Waals surface area contributed by atoms with Gasteiger partial charge in [0.15, 0.2) is 5.11 Å². The summed E-state index contributed by atoms with van der Waals surface area (Å²) in [5.74, 6) is 0.666. The predicted octanol–water partition coefficient (Wildman–Crippen LogP) is 1.46. The molecule has 0 saturated carbocycles. The van der Waals surface area contributed by atoms with Crippen molar-refractivity contribution in [3.05, 3.63) is 0 Å². The van der Waals surface area contributed by atoms with Crippen LogP contribution in [0.4, 0.5) is 0 Å². The van der Waals surface area contributed by atoms with Crippen LogP contribution < -0.4 is 10.6 Å². The van der Waals surface area contributed by atoms with Crippen molar-refractivity contribution >= 4 is 17.3 Å². The monoisotopic (exact) mass is 275 g/mol. The van der Waals surface area contributed by atoms with Gasteiger partial charge in [0.1, 0.15) is 0 Å². The van der Waals surface area contributed by atoms with Crippen LogP contribution in [0.1, 0.15) is 26.7 Å². The Morgan fingerprint density at radius 3 is 2.50 bits per heavy atom. The van der Waals surface area contributed by atoms with Gasteiger partial charge in [-0.2, -0.15) is 0 Å². The van der Waals surface area contributed by atoms with Gasteiger partial charge in [-0.1, -0.05) is 13.8 Å². The first-order valence-corrected chi connectivity index (χ1v) is 7.04. The SMILES string of the molecule is COCCCNC(=S)NC(CC(C)C)CN(C)C. The maximum Gasteiger partial charge on any atom is 0.166 e. The number of methoxy groups -OCH3 is 1. The van der Waals surface area contributed by atoms with E-state index >= 15 is 0 Å². The molecule has 0 bridgehead atoms. The van der Waals surface area contributed by atoms with Gasteiger partial charge in [-0.3, -0.25) is 0 Å². The van der Waals surface area contributed by atoms with E-state index in [0.29, 0.717) is 12.0 Å². The van der Waals surface area contributed by atoms with E-state index in [1.54, 1.807) is 7.11 Å². The minimum Gasteiger partial charge on any atom is -0.385 e. The summed E-state index contributed by atoms with van der Waals surface area (Å²) in [4.78, 5) is 2.19. The molecule has 0 radical (unpaired) electrons. The average molecular weight is 275 g/mol. The molecule has 0 aliphatic carbocycles. The molecule has 0 aliphatic rings. The second-order valence-electron chi connectivity index (χ2n) is 5.34. The third kappa shape index (κ3) is 10.7. The smallest absolute Gasteiger partial charge is 0.166 e. The van der Waals surface area contributed by atoms with Crippen molar-refractivity contribution in [2.45, 2.75) is 32.7 Å². The summed E-state index contributed by atoms with van der Waals surface area (Å²) in [7, 11) is 5.89. The van der Waals surface area contributed by atoms with Crippen molar-refractivity contribution in [1.29, 1.82) is 0 Å². The Hall–Kier alpha value is -0.390. The summed E-state index contributed by atoms with van der Waals surface area (Å²) < 4.78 is 5.00. The minimum absolute atomic E-state index is 0.405. The Morgan fingerprint density at radius 2 is 2.00 bits per heavy atom. The van der Waals surface area contributed by atoms with Crippen molar-refractivity contribution in [3.63, 3.8) is 0 Å². The summed E-state index contributed by atoms with van der Waals surface area (Å²) in [6.45, 7) is 7.09. The Labute approximate surface area is 117 Å². The summed E-state index contributed by atoms with van der Waals surface area (Å²) in [6.07, 6.45) is 2.10. The fourth-order valence-corrected chi connectivity index (χ4v) is 2.11. The number of hydrogen-bond donors (Lipinski definition) is 2. The van der Waals surface area contributed by atoms with E-state index in [1.807, 2.05) is 0 Å². The minimum atomic E-state index is 0.405. The van der Waals surface area contributed by atoms with Crippen molar-refractivity contribution in [2.24, 2.45) is 5.92 Å². The molecule has 108 valence electrons. The van der Waals surface area contributed by atoms with Crippen LogP contribution in [0.3, 0.4) is 0 Å². The fourth-order valence-electron chi connectivity index (χ4n) is 1.84. The Balaban J connectivity index is 3.94. The molecule has 4 nitrogen and oxygen atoms in total.